The number of hydrogen-bond acceptors (Lipinski definition) is 4. The fourth-order valence-electron chi connectivity index (χ4n) is 1.75. The van der Waals surface area contributed by atoms with Crippen LogP contribution in [-0.2, 0) is 0 Å². The van der Waals surface area contributed by atoms with E-state index in [0.717, 1.165) is 5.56 Å². The highest BCUT2D eigenvalue weighted by molar-refractivity contribution is 6.04. The molecule has 2 aromatic carbocycles. The van der Waals surface area contributed by atoms with Gasteiger partial charge in [-0.2, -0.15) is 0 Å². The van der Waals surface area contributed by atoms with Gasteiger partial charge < -0.3 is 20.9 Å². The Morgan fingerprint density at radius 1 is 1.25 bits per heavy atom. The summed E-state index contributed by atoms with van der Waals surface area (Å²) in [5, 5.41) is 12.4. The molecular formula is C15H16N2O3. The highest BCUT2D eigenvalue weighted by Gasteiger charge is 2.10. The Hall–Kier alpha value is -2.69. The lowest BCUT2D eigenvalue weighted by atomic mass is 10.1. The number of phenols is 1. The number of aryl methyl sites for hydroxylation is 1. The van der Waals surface area contributed by atoms with Crippen molar-refractivity contribution in [3.8, 4) is 11.5 Å². The molecule has 0 unspecified atom stereocenters. The zero-order valence-corrected chi connectivity index (χ0v) is 11.3. The highest BCUT2D eigenvalue weighted by Crippen LogP contribution is 2.26. The molecule has 5 heteroatoms. The van der Waals surface area contributed by atoms with Crippen LogP contribution >= 0.6 is 0 Å². The summed E-state index contributed by atoms with van der Waals surface area (Å²) in [5.74, 6) is -0.0871. The Kier molecular flexibility index (Phi) is 3.79. The Morgan fingerprint density at radius 3 is 2.60 bits per heavy atom. The largest absolute Gasteiger partial charge is 0.504 e. The number of ether oxygens (including phenoxy) is 1. The maximum atomic E-state index is 12.1. The third-order valence-electron chi connectivity index (χ3n) is 2.98. The maximum absolute atomic E-state index is 12.1. The lowest BCUT2D eigenvalue weighted by Gasteiger charge is -2.09. The third-order valence-corrected chi connectivity index (χ3v) is 2.98. The molecule has 0 aromatic heterocycles. The van der Waals surface area contributed by atoms with Crippen LogP contribution in [0, 0.1) is 6.92 Å². The molecule has 2 aromatic rings. The fraction of sp³-hybridized carbons (Fsp3) is 0.133. The number of rotatable bonds is 3. The minimum absolute atomic E-state index is 0.0800. The number of nitrogens with two attached hydrogens (primary N) is 1. The average molecular weight is 272 g/mol. The van der Waals surface area contributed by atoms with Gasteiger partial charge in [-0.1, -0.05) is 6.07 Å². The molecule has 104 valence electrons. The number of nitrogens with one attached hydrogen (secondary N) is 1. The number of hydrogen-bond donors (Lipinski definition) is 3. The Labute approximate surface area is 117 Å². The lowest BCUT2D eigenvalue weighted by molar-refractivity contribution is 0.102. The summed E-state index contributed by atoms with van der Waals surface area (Å²) in [5.41, 5.74) is 8.29. The summed E-state index contributed by atoms with van der Waals surface area (Å²) in [7, 11) is 1.45. The molecule has 2 rings (SSSR count). The van der Waals surface area contributed by atoms with E-state index in [1.807, 2.05) is 13.0 Å². The van der Waals surface area contributed by atoms with Crippen LogP contribution in [0.1, 0.15) is 15.9 Å². The number of benzene rings is 2. The van der Waals surface area contributed by atoms with Gasteiger partial charge in [-0.25, -0.2) is 0 Å². The maximum Gasteiger partial charge on any atom is 0.255 e. The van der Waals surface area contributed by atoms with Crippen molar-refractivity contribution < 1.29 is 14.6 Å². The van der Waals surface area contributed by atoms with Gasteiger partial charge in [-0.05, 0) is 42.8 Å². The molecule has 0 saturated heterocycles. The van der Waals surface area contributed by atoms with Gasteiger partial charge in [-0.3, -0.25) is 4.79 Å². The van der Waals surface area contributed by atoms with E-state index in [4.69, 9.17) is 10.5 Å². The summed E-state index contributed by atoms with van der Waals surface area (Å²) in [4.78, 5) is 12.1. The number of phenolic OH excluding ortho intramolecular Hbond substituents is 1. The van der Waals surface area contributed by atoms with Gasteiger partial charge in [0, 0.05) is 16.9 Å². The Bertz CT molecular complexity index is 654. The van der Waals surface area contributed by atoms with Crippen LogP contribution in [0.4, 0.5) is 11.4 Å². The van der Waals surface area contributed by atoms with Gasteiger partial charge in [0.25, 0.3) is 5.91 Å². The van der Waals surface area contributed by atoms with Crippen LogP contribution < -0.4 is 15.8 Å². The molecule has 0 atom stereocenters. The zero-order valence-electron chi connectivity index (χ0n) is 11.3. The predicted molar refractivity (Wildman–Crippen MR) is 78.2 cm³/mol. The summed E-state index contributed by atoms with van der Waals surface area (Å²) >= 11 is 0. The fourth-order valence-corrected chi connectivity index (χ4v) is 1.75. The number of aromatic hydroxyl groups is 1. The van der Waals surface area contributed by atoms with Crippen molar-refractivity contribution in [1.82, 2.24) is 0 Å². The normalized spacial score (nSPS) is 10.1. The second kappa shape index (κ2) is 5.52. The highest BCUT2D eigenvalue weighted by atomic mass is 16.5. The molecule has 0 aliphatic heterocycles. The first-order valence-electron chi connectivity index (χ1n) is 6.05. The minimum Gasteiger partial charge on any atom is -0.504 e. The summed E-state index contributed by atoms with van der Waals surface area (Å²) in [6.45, 7) is 1.89. The Balaban J connectivity index is 2.19. The first kappa shape index (κ1) is 13.7. The molecule has 0 bridgehead atoms. The second-order valence-electron chi connectivity index (χ2n) is 4.41. The molecule has 0 aliphatic rings. The number of nitrogen functional groups attached to an aromatic ring is 1. The molecule has 5 nitrogen and oxygen atoms in total. The molecule has 0 spiro atoms. The molecule has 1 amide bonds. The van der Waals surface area contributed by atoms with Crippen LogP contribution in [0.3, 0.4) is 0 Å². The first-order valence-corrected chi connectivity index (χ1v) is 6.05. The summed E-state index contributed by atoms with van der Waals surface area (Å²) < 4.78 is 4.93. The SMILES string of the molecule is COc1ccc(C(=O)Nc2ccc(C)c(N)c2)cc1O. The van der Waals surface area contributed by atoms with Crippen molar-refractivity contribution in [1.29, 1.82) is 0 Å². The average Bonchev–Trinajstić information content (AvgIpc) is 2.42. The minimum atomic E-state index is -0.328. The van der Waals surface area contributed by atoms with Gasteiger partial charge in [0.05, 0.1) is 7.11 Å². The molecule has 0 heterocycles. The molecule has 0 radical (unpaired) electrons. The molecule has 20 heavy (non-hydrogen) atoms. The van der Waals surface area contributed by atoms with Gasteiger partial charge in [0.2, 0.25) is 0 Å². The molecule has 0 saturated carbocycles. The molecular weight excluding hydrogens is 256 g/mol. The van der Waals surface area contributed by atoms with Crippen LogP contribution in [0.5, 0.6) is 11.5 Å². The third kappa shape index (κ3) is 2.83. The number of anilines is 2. The van der Waals surface area contributed by atoms with Gasteiger partial charge in [-0.15, -0.1) is 0 Å². The lowest BCUT2D eigenvalue weighted by Crippen LogP contribution is -2.12. The van der Waals surface area contributed by atoms with Crippen molar-refractivity contribution in [2.75, 3.05) is 18.2 Å². The van der Waals surface area contributed by atoms with Gasteiger partial charge in [0.15, 0.2) is 11.5 Å². The summed E-state index contributed by atoms with van der Waals surface area (Å²) in [6, 6.07) is 9.75. The van der Waals surface area contributed by atoms with E-state index < -0.39 is 0 Å². The number of amides is 1. The molecule has 0 aliphatic carbocycles. The van der Waals surface area contributed by atoms with Crippen molar-refractivity contribution in [2.45, 2.75) is 6.92 Å². The summed E-state index contributed by atoms with van der Waals surface area (Å²) in [6.07, 6.45) is 0. The van der Waals surface area contributed by atoms with E-state index in [2.05, 4.69) is 5.32 Å². The van der Waals surface area contributed by atoms with E-state index in [-0.39, 0.29) is 11.7 Å². The molecule has 4 N–H and O–H groups in total. The predicted octanol–water partition coefficient (Wildman–Crippen LogP) is 2.54. The smallest absolute Gasteiger partial charge is 0.255 e. The number of methoxy groups -OCH3 is 1. The van der Waals surface area contributed by atoms with Crippen molar-refractivity contribution in [2.24, 2.45) is 0 Å². The second-order valence-corrected chi connectivity index (χ2v) is 4.41. The van der Waals surface area contributed by atoms with Crippen molar-refractivity contribution in [3.63, 3.8) is 0 Å². The van der Waals surface area contributed by atoms with E-state index >= 15 is 0 Å². The standard InChI is InChI=1S/C15H16N2O3/c1-9-3-5-11(8-12(9)16)17-15(19)10-4-6-14(20-2)13(18)7-10/h3-8,18H,16H2,1-2H3,(H,17,19). The topological polar surface area (TPSA) is 84.6 Å². The van der Waals surface area contributed by atoms with E-state index in [1.165, 1.54) is 19.2 Å². The van der Waals surface area contributed by atoms with Gasteiger partial charge in [0.1, 0.15) is 0 Å². The van der Waals surface area contributed by atoms with Crippen molar-refractivity contribution >= 4 is 17.3 Å². The van der Waals surface area contributed by atoms with Crippen molar-refractivity contribution in [3.05, 3.63) is 47.5 Å². The van der Waals surface area contributed by atoms with E-state index in [1.54, 1.807) is 18.2 Å². The zero-order chi connectivity index (χ0) is 14.7. The van der Waals surface area contributed by atoms with Crippen LogP contribution in [0.15, 0.2) is 36.4 Å². The number of carbonyl (C=O) groups is 1. The van der Waals surface area contributed by atoms with E-state index in [0.29, 0.717) is 22.7 Å². The monoisotopic (exact) mass is 272 g/mol. The molecule has 0 fully saturated rings. The number of carbonyl (C=O) groups excluding carboxylic acids is 1. The van der Waals surface area contributed by atoms with E-state index in [9.17, 15) is 9.90 Å². The van der Waals surface area contributed by atoms with Crippen LogP contribution in [-0.4, -0.2) is 18.1 Å². The Morgan fingerprint density at radius 2 is 2.00 bits per heavy atom. The first-order chi connectivity index (χ1) is 9.51. The van der Waals surface area contributed by atoms with Crippen LogP contribution in [0.2, 0.25) is 0 Å². The van der Waals surface area contributed by atoms with Gasteiger partial charge >= 0.3 is 0 Å². The van der Waals surface area contributed by atoms with Crippen LogP contribution in [0.25, 0.3) is 0 Å². The quantitative estimate of drug-likeness (QED) is 0.750.